The number of carbonyl (C=O) groups excluding carboxylic acids is 2. The molecule has 0 bridgehead atoms. The topological polar surface area (TPSA) is 87.7 Å². The molecule has 3 aromatic carbocycles. The maximum absolute atomic E-state index is 12.5. The summed E-state index contributed by atoms with van der Waals surface area (Å²) in [6, 6.07) is 19.0. The third kappa shape index (κ3) is 7.07. The largest absolute Gasteiger partial charge is 0.506 e. The molecule has 0 aliphatic carbocycles. The number of nitrogens with one attached hydrogen (secondary N) is 2. The molecule has 172 valence electrons. The predicted octanol–water partition coefficient (Wildman–Crippen LogP) is 5.75. The summed E-state index contributed by atoms with van der Waals surface area (Å²) in [5.74, 6) is -0.855. The second-order valence-electron chi connectivity index (χ2n) is 8.68. The lowest BCUT2D eigenvalue weighted by Gasteiger charge is -2.19. The number of hydrogen-bond donors (Lipinski definition) is 3. The molecule has 0 aliphatic rings. The van der Waals surface area contributed by atoms with Crippen molar-refractivity contribution in [2.24, 2.45) is 0 Å². The number of ether oxygens (including phenoxy) is 1. The van der Waals surface area contributed by atoms with Gasteiger partial charge in [0.15, 0.2) is 0 Å². The van der Waals surface area contributed by atoms with Gasteiger partial charge in [0, 0.05) is 22.3 Å². The second kappa shape index (κ2) is 10.5. The van der Waals surface area contributed by atoms with Crippen molar-refractivity contribution in [3.8, 4) is 5.75 Å². The predicted molar refractivity (Wildman–Crippen MR) is 131 cm³/mol. The summed E-state index contributed by atoms with van der Waals surface area (Å²) in [5, 5.41) is 16.3. The van der Waals surface area contributed by atoms with E-state index in [0.29, 0.717) is 16.3 Å². The van der Waals surface area contributed by atoms with Crippen LogP contribution in [0.5, 0.6) is 5.75 Å². The van der Waals surface area contributed by atoms with Gasteiger partial charge in [-0.2, -0.15) is 0 Å². The quantitative estimate of drug-likeness (QED) is 0.387. The van der Waals surface area contributed by atoms with Gasteiger partial charge >= 0.3 is 0 Å². The number of aromatic hydroxyl groups is 1. The van der Waals surface area contributed by atoms with E-state index in [-0.39, 0.29) is 41.9 Å². The summed E-state index contributed by atoms with van der Waals surface area (Å²) in [6.45, 7) is 6.44. The fraction of sp³-hybridized carbons (Fsp3) is 0.231. The van der Waals surface area contributed by atoms with Crippen LogP contribution in [-0.4, -0.2) is 23.5 Å². The molecule has 0 radical (unpaired) electrons. The number of rotatable bonds is 7. The number of amides is 2. The summed E-state index contributed by atoms with van der Waals surface area (Å²) in [6.07, 6.45) is 0. The molecule has 0 aromatic heterocycles. The van der Waals surface area contributed by atoms with Crippen molar-refractivity contribution in [3.63, 3.8) is 0 Å². The van der Waals surface area contributed by atoms with Crippen LogP contribution in [0.4, 0.5) is 11.4 Å². The highest BCUT2D eigenvalue weighted by atomic mass is 35.5. The van der Waals surface area contributed by atoms with Gasteiger partial charge in [-0.05, 0) is 52.9 Å². The Kier molecular flexibility index (Phi) is 7.74. The van der Waals surface area contributed by atoms with E-state index in [9.17, 15) is 14.7 Å². The fourth-order valence-electron chi connectivity index (χ4n) is 3.07. The zero-order valence-corrected chi connectivity index (χ0v) is 19.6. The molecule has 7 heteroatoms. The zero-order valence-electron chi connectivity index (χ0n) is 18.8. The lowest BCUT2D eigenvalue weighted by atomic mass is 9.87. The molecule has 33 heavy (non-hydrogen) atoms. The van der Waals surface area contributed by atoms with Gasteiger partial charge in [0.25, 0.3) is 5.91 Å². The van der Waals surface area contributed by atoms with Crippen molar-refractivity contribution in [2.75, 3.05) is 17.2 Å². The Bertz CT molecular complexity index is 1120. The molecule has 0 fully saturated rings. The molecule has 2 amide bonds. The highest BCUT2D eigenvalue weighted by Gasteiger charge is 2.15. The average Bonchev–Trinajstić information content (AvgIpc) is 2.76. The number of phenols is 1. The molecule has 3 rings (SSSR count). The minimum absolute atomic E-state index is 0.00553. The molecule has 0 saturated carbocycles. The molecular formula is C26H27ClN2O4. The van der Waals surface area contributed by atoms with E-state index in [0.717, 1.165) is 11.1 Å². The van der Waals surface area contributed by atoms with Crippen molar-refractivity contribution in [1.29, 1.82) is 0 Å². The van der Waals surface area contributed by atoms with Gasteiger partial charge in [-0.1, -0.05) is 56.6 Å². The smallest absolute Gasteiger partial charge is 0.255 e. The van der Waals surface area contributed by atoms with Gasteiger partial charge in [0.2, 0.25) is 5.91 Å². The van der Waals surface area contributed by atoms with E-state index in [1.54, 1.807) is 30.3 Å². The fourth-order valence-corrected chi connectivity index (χ4v) is 3.20. The van der Waals surface area contributed by atoms with Crippen LogP contribution < -0.4 is 10.6 Å². The lowest BCUT2D eigenvalue weighted by molar-refractivity contribution is -0.121. The third-order valence-electron chi connectivity index (χ3n) is 4.96. The third-order valence-corrected chi connectivity index (χ3v) is 5.21. The monoisotopic (exact) mass is 466 g/mol. The Hall–Kier alpha value is -3.35. The standard InChI is InChI=1S/C26H27ClN2O4/c1-26(2,3)19-8-6-18(7-9-19)25(32)29-22-13-12-21(14-23(22)30)28-24(31)16-33-15-17-4-10-20(27)11-5-17/h4-14,30H,15-16H2,1-3H3,(H,28,31)(H,29,32). The number of benzene rings is 3. The number of halogens is 1. The summed E-state index contributed by atoms with van der Waals surface area (Å²) in [4.78, 5) is 24.6. The van der Waals surface area contributed by atoms with Crippen molar-refractivity contribution < 1.29 is 19.4 Å². The molecule has 0 aliphatic heterocycles. The van der Waals surface area contributed by atoms with Gasteiger partial charge in [-0.25, -0.2) is 0 Å². The van der Waals surface area contributed by atoms with Crippen LogP contribution in [0.3, 0.4) is 0 Å². The number of carbonyl (C=O) groups is 2. The lowest BCUT2D eigenvalue weighted by Crippen LogP contribution is -2.18. The minimum atomic E-state index is -0.362. The van der Waals surface area contributed by atoms with Crippen LogP contribution in [0.25, 0.3) is 0 Å². The van der Waals surface area contributed by atoms with E-state index in [2.05, 4.69) is 31.4 Å². The van der Waals surface area contributed by atoms with Gasteiger partial charge in [0.05, 0.1) is 12.3 Å². The molecule has 0 saturated heterocycles. The molecule has 6 nitrogen and oxygen atoms in total. The summed E-state index contributed by atoms with van der Waals surface area (Å²) in [7, 11) is 0. The van der Waals surface area contributed by atoms with Crippen molar-refractivity contribution in [1.82, 2.24) is 0 Å². The molecule has 0 unspecified atom stereocenters. The molecule has 0 spiro atoms. The van der Waals surface area contributed by atoms with Crippen LogP contribution >= 0.6 is 11.6 Å². The van der Waals surface area contributed by atoms with Crippen molar-refractivity contribution in [3.05, 3.63) is 88.4 Å². The van der Waals surface area contributed by atoms with Gasteiger partial charge in [-0.3, -0.25) is 9.59 Å². The first kappa shape index (κ1) is 24.3. The van der Waals surface area contributed by atoms with E-state index < -0.39 is 0 Å². The number of hydrogen-bond acceptors (Lipinski definition) is 4. The maximum Gasteiger partial charge on any atom is 0.255 e. The van der Waals surface area contributed by atoms with Crippen LogP contribution in [0, 0.1) is 0 Å². The first-order valence-electron chi connectivity index (χ1n) is 10.5. The minimum Gasteiger partial charge on any atom is -0.506 e. The first-order valence-corrected chi connectivity index (χ1v) is 10.9. The Balaban J connectivity index is 1.53. The van der Waals surface area contributed by atoms with Crippen LogP contribution in [0.2, 0.25) is 5.02 Å². The number of phenolic OH excluding ortho intramolecular Hbond substituents is 1. The number of anilines is 2. The summed E-state index contributed by atoms with van der Waals surface area (Å²) >= 11 is 5.84. The van der Waals surface area contributed by atoms with Gasteiger partial charge in [-0.15, -0.1) is 0 Å². The SMILES string of the molecule is CC(C)(C)c1ccc(C(=O)Nc2ccc(NC(=O)COCc3ccc(Cl)cc3)cc2O)cc1. The molecule has 0 heterocycles. The Morgan fingerprint density at radius 1 is 0.939 bits per heavy atom. The van der Waals surface area contributed by atoms with E-state index in [4.69, 9.17) is 16.3 Å². The van der Waals surface area contributed by atoms with Crippen LogP contribution in [0.15, 0.2) is 66.7 Å². The molecule has 3 N–H and O–H groups in total. The van der Waals surface area contributed by atoms with Gasteiger partial charge in [0.1, 0.15) is 12.4 Å². The highest BCUT2D eigenvalue weighted by Crippen LogP contribution is 2.28. The summed E-state index contributed by atoms with van der Waals surface area (Å²) < 4.78 is 5.40. The van der Waals surface area contributed by atoms with Crippen molar-refractivity contribution >= 4 is 34.8 Å². The van der Waals surface area contributed by atoms with Crippen LogP contribution in [0.1, 0.15) is 42.3 Å². The Morgan fingerprint density at radius 3 is 2.21 bits per heavy atom. The second-order valence-corrected chi connectivity index (χ2v) is 9.12. The zero-order chi connectivity index (χ0) is 24.0. The molecule has 3 aromatic rings. The van der Waals surface area contributed by atoms with Crippen molar-refractivity contribution in [2.45, 2.75) is 32.8 Å². The molecular weight excluding hydrogens is 440 g/mol. The Labute approximate surface area is 198 Å². The van der Waals surface area contributed by atoms with E-state index in [1.807, 2.05) is 24.3 Å². The molecule has 0 atom stereocenters. The average molecular weight is 467 g/mol. The summed E-state index contributed by atoms with van der Waals surface area (Å²) in [5.41, 5.74) is 3.14. The van der Waals surface area contributed by atoms with E-state index >= 15 is 0 Å². The van der Waals surface area contributed by atoms with Gasteiger partial charge < -0.3 is 20.5 Å². The Morgan fingerprint density at radius 2 is 1.61 bits per heavy atom. The normalized spacial score (nSPS) is 11.2. The van der Waals surface area contributed by atoms with Crippen LogP contribution in [-0.2, 0) is 21.6 Å². The van der Waals surface area contributed by atoms with E-state index in [1.165, 1.54) is 12.1 Å². The highest BCUT2D eigenvalue weighted by molar-refractivity contribution is 6.30. The maximum atomic E-state index is 12.5. The first-order chi connectivity index (χ1) is 15.6.